The summed E-state index contributed by atoms with van der Waals surface area (Å²) in [5.74, 6) is 0. The third-order valence-electron chi connectivity index (χ3n) is 7.30. The monoisotopic (exact) mass is 720 g/mol. The highest BCUT2D eigenvalue weighted by Crippen LogP contribution is 2.22. The molecule has 0 amide bonds. The normalized spacial score (nSPS) is 15.6. The molecule has 2 aromatic heterocycles. The summed E-state index contributed by atoms with van der Waals surface area (Å²) in [5, 5.41) is 0. The first-order chi connectivity index (χ1) is 22.2. The number of nitrogens with zero attached hydrogens (tertiary/aromatic N) is 8. The molecule has 2 aliphatic heterocycles. The van der Waals surface area contributed by atoms with Crippen LogP contribution in [0, 0.1) is 0 Å². The van der Waals surface area contributed by atoms with Gasteiger partial charge >= 0.3 is 35.2 Å². The van der Waals surface area contributed by atoms with Gasteiger partial charge in [-0.05, 0) is 0 Å². The van der Waals surface area contributed by atoms with E-state index in [1.165, 1.54) is 0 Å². The Morgan fingerprint density at radius 1 is 0.500 bits per heavy atom. The first-order valence-corrected chi connectivity index (χ1v) is 22.2. The highest BCUT2D eigenvalue weighted by Gasteiger charge is 2.55. The average molecular weight is 721 g/mol. The zero-order valence-electron chi connectivity index (χ0n) is 27.9. The Balaban J connectivity index is 0.000000250. The third-order valence-corrected chi connectivity index (χ3v) is 20.3. The molecule has 46 heavy (non-hydrogen) atoms. The van der Waals surface area contributed by atoms with Crippen LogP contribution in [0.2, 0.25) is 0 Å². The molecule has 0 saturated carbocycles. The third kappa shape index (κ3) is 10.4. The topological polar surface area (TPSA) is 159 Å². The van der Waals surface area contributed by atoms with E-state index in [9.17, 15) is 0 Å². The first kappa shape index (κ1) is 38.3. The Hall–Kier alpha value is -2.17. The van der Waals surface area contributed by atoms with Crippen molar-refractivity contribution in [1.29, 1.82) is 0 Å². The number of aromatic nitrogens is 4. The highest BCUT2D eigenvalue weighted by molar-refractivity contribution is 6.75. The SMILES string of the molecule is CO[Si](CN1C=NCC1)(OC)O[Si](CN1C=NCC1)(OC)OC.CO[Si](Cn1ccnc1)(OC)O[Si](Cn1ccnc1)(OC)OC. The molecule has 18 nitrogen and oxygen atoms in total. The molecule has 0 radical (unpaired) electrons. The van der Waals surface area contributed by atoms with Gasteiger partial charge in [0.05, 0.1) is 63.1 Å². The fourth-order valence-electron chi connectivity index (χ4n) is 4.57. The number of rotatable bonds is 20. The lowest BCUT2D eigenvalue weighted by atomic mass is 10.6. The van der Waals surface area contributed by atoms with Gasteiger partial charge in [0.25, 0.3) is 0 Å². The second kappa shape index (κ2) is 18.4. The molecule has 0 fully saturated rings. The van der Waals surface area contributed by atoms with Crippen LogP contribution in [0.3, 0.4) is 0 Å². The Kier molecular flexibility index (Phi) is 15.3. The summed E-state index contributed by atoms with van der Waals surface area (Å²) in [5.41, 5.74) is 0. The molecule has 2 aromatic rings. The Morgan fingerprint density at radius 2 is 0.826 bits per heavy atom. The van der Waals surface area contributed by atoms with Crippen LogP contribution in [0.4, 0.5) is 0 Å². The standard InChI is InChI=1S/C12H26N4O5Si2.C12H22N4O5Si2/c2*1-17-22(18-2,11-15-7-5-13-9-15)21-23(19-3,20-4)12-16-8-6-14-10-16/h9-10H,5-8,11-12H2,1-4H3;5-10H,11-12H2,1-4H3. The summed E-state index contributed by atoms with van der Waals surface area (Å²) in [6, 6.07) is 0. The van der Waals surface area contributed by atoms with Crippen molar-refractivity contribution < 1.29 is 43.6 Å². The quantitative estimate of drug-likeness (QED) is 0.162. The van der Waals surface area contributed by atoms with Crippen molar-refractivity contribution in [3.63, 3.8) is 0 Å². The zero-order chi connectivity index (χ0) is 33.5. The van der Waals surface area contributed by atoms with E-state index in [0.29, 0.717) is 24.7 Å². The predicted molar refractivity (Wildman–Crippen MR) is 176 cm³/mol. The minimum atomic E-state index is -3.06. The molecule has 0 N–H and O–H groups in total. The van der Waals surface area contributed by atoms with Gasteiger partial charge in [-0.15, -0.1) is 0 Å². The van der Waals surface area contributed by atoms with E-state index < -0.39 is 35.2 Å². The maximum Gasteiger partial charge on any atom is 0.514 e. The van der Waals surface area contributed by atoms with E-state index in [-0.39, 0.29) is 0 Å². The Morgan fingerprint density at radius 3 is 1.07 bits per heavy atom. The summed E-state index contributed by atoms with van der Waals surface area (Å²) in [4.78, 5) is 20.6. The van der Waals surface area contributed by atoms with Crippen LogP contribution in [-0.2, 0) is 56.0 Å². The molecule has 0 spiro atoms. The minimum Gasteiger partial charge on any atom is -0.376 e. The van der Waals surface area contributed by atoms with Gasteiger partial charge in [-0.3, -0.25) is 9.98 Å². The first-order valence-electron chi connectivity index (χ1n) is 14.4. The van der Waals surface area contributed by atoms with Gasteiger partial charge in [0.2, 0.25) is 0 Å². The average Bonchev–Trinajstić information content (AvgIpc) is 3.94. The van der Waals surface area contributed by atoms with Crippen molar-refractivity contribution in [2.24, 2.45) is 9.98 Å². The van der Waals surface area contributed by atoms with Gasteiger partial charge in [-0.1, -0.05) is 0 Å². The molecular weight excluding hydrogens is 673 g/mol. The van der Waals surface area contributed by atoms with Crippen LogP contribution in [0.1, 0.15) is 0 Å². The van der Waals surface area contributed by atoms with Gasteiger partial charge < -0.3 is 62.6 Å². The summed E-state index contributed by atoms with van der Waals surface area (Å²) in [6.07, 6.45) is 15.8. The lowest BCUT2D eigenvalue weighted by Gasteiger charge is -2.38. The minimum absolute atomic E-state index is 0.408. The molecule has 22 heteroatoms. The summed E-state index contributed by atoms with van der Waals surface area (Å²) in [6.45, 7) is 3.22. The van der Waals surface area contributed by atoms with Crippen molar-refractivity contribution in [3.05, 3.63) is 37.4 Å². The molecule has 260 valence electrons. The predicted octanol–water partition coefficient (Wildman–Crippen LogP) is -0.429. The van der Waals surface area contributed by atoms with Gasteiger partial charge in [0, 0.05) is 94.8 Å². The Labute approximate surface area is 275 Å². The second-order valence-corrected chi connectivity index (χ2v) is 21.7. The fourth-order valence-corrected chi connectivity index (χ4v) is 16.5. The van der Waals surface area contributed by atoms with Crippen molar-refractivity contribution in [2.75, 3.05) is 95.4 Å². The number of aliphatic imine (C=N–C) groups is 2. The van der Waals surface area contributed by atoms with Crippen LogP contribution >= 0.6 is 0 Å². The fraction of sp³-hybridized carbons (Fsp3) is 0.667. The van der Waals surface area contributed by atoms with E-state index in [2.05, 4.69) is 20.0 Å². The molecular formula is C24H48N8O10Si4. The van der Waals surface area contributed by atoms with Crippen LogP contribution in [0.25, 0.3) is 0 Å². The van der Waals surface area contributed by atoms with Crippen LogP contribution < -0.4 is 0 Å². The largest absolute Gasteiger partial charge is 0.514 e. The molecule has 0 saturated heterocycles. The van der Waals surface area contributed by atoms with E-state index in [1.54, 1.807) is 94.6 Å². The Bertz CT molecular complexity index is 1080. The number of hydrogen-bond donors (Lipinski definition) is 0. The maximum absolute atomic E-state index is 6.33. The molecule has 0 aromatic carbocycles. The molecule has 0 unspecified atom stereocenters. The van der Waals surface area contributed by atoms with E-state index in [4.69, 9.17) is 43.6 Å². The number of hydrogen-bond acceptors (Lipinski definition) is 16. The lowest BCUT2D eigenvalue weighted by molar-refractivity contribution is 0.0760. The summed E-state index contributed by atoms with van der Waals surface area (Å²) < 4.78 is 61.6. The van der Waals surface area contributed by atoms with Gasteiger partial charge in [0.15, 0.2) is 0 Å². The second-order valence-electron chi connectivity index (χ2n) is 10.0. The molecule has 4 rings (SSSR count). The maximum atomic E-state index is 6.33. The van der Waals surface area contributed by atoms with Gasteiger partial charge in [-0.2, -0.15) is 0 Å². The molecule has 0 bridgehead atoms. The lowest BCUT2D eigenvalue weighted by Crippen LogP contribution is -2.65. The molecule has 4 heterocycles. The highest BCUT2D eigenvalue weighted by atomic mass is 28.5. The zero-order valence-corrected chi connectivity index (χ0v) is 31.9. The van der Waals surface area contributed by atoms with Gasteiger partial charge in [0.1, 0.15) is 0 Å². The molecule has 0 aliphatic carbocycles. The van der Waals surface area contributed by atoms with E-state index in [0.717, 1.165) is 26.2 Å². The van der Waals surface area contributed by atoms with Crippen molar-refractivity contribution >= 4 is 47.9 Å². The van der Waals surface area contributed by atoms with Crippen molar-refractivity contribution in [3.8, 4) is 0 Å². The van der Waals surface area contributed by atoms with E-state index >= 15 is 0 Å². The van der Waals surface area contributed by atoms with Crippen molar-refractivity contribution in [1.82, 2.24) is 28.9 Å². The van der Waals surface area contributed by atoms with Crippen LogP contribution in [0.15, 0.2) is 47.4 Å². The van der Waals surface area contributed by atoms with Gasteiger partial charge in [-0.25, -0.2) is 9.97 Å². The van der Waals surface area contributed by atoms with Crippen LogP contribution in [-0.4, -0.2) is 172 Å². The van der Waals surface area contributed by atoms with E-state index in [1.807, 2.05) is 31.3 Å². The molecule has 2 aliphatic rings. The van der Waals surface area contributed by atoms with Crippen molar-refractivity contribution in [2.45, 2.75) is 12.3 Å². The molecule has 0 atom stereocenters. The number of imidazole rings is 2. The van der Waals surface area contributed by atoms with Crippen LogP contribution in [0.5, 0.6) is 0 Å². The summed E-state index contributed by atoms with van der Waals surface area (Å²) >= 11 is 0. The smallest absolute Gasteiger partial charge is 0.376 e. The summed E-state index contributed by atoms with van der Waals surface area (Å²) in [7, 11) is 0.582.